The monoisotopic (exact) mass is 340 g/mol. The maximum absolute atomic E-state index is 12.4. The molecule has 2 aliphatic rings. The van der Waals surface area contributed by atoms with Gasteiger partial charge in [0.25, 0.3) is 0 Å². The van der Waals surface area contributed by atoms with Gasteiger partial charge in [-0.05, 0) is 49.4 Å². The van der Waals surface area contributed by atoms with Crippen molar-refractivity contribution in [3.8, 4) is 0 Å². The molecule has 6 nitrogen and oxygen atoms in total. The number of hydrogen-bond acceptors (Lipinski definition) is 6. The highest BCUT2D eigenvalue weighted by Crippen LogP contribution is 2.25. The number of carbonyl (C=O) groups is 2. The number of fused-ring (bicyclic) bond motifs is 2. The summed E-state index contributed by atoms with van der Waals surface area (Å²) in [4.78, 5) is 28.3. The van der Waals surface area contributed by atoms with Gasteiger partial charge in [-0.3, -0.25) is 9.59 Å². The van der Waals surface area contributed by atoms with Gasteiger partial charge in [-0.25, -0.2) is 4.98 Å². The first-order valence-electron chi connectivity index (χ1n) is 8.00. The molecule has 0 bridgehead atoms. The van der Waals surface area contributed by atoms with E-state index in [1.165, 1.54) is 11.8 Å². The van der Waals surface area contributed by atoms with Crippen molar-refractivity contribution >= 4 is 29.1 Å². The van der Waals surface area contributed by atoms with Crippen molar-refractivity contribution in [3.05, 3.63) is 40.7 Å². The Morgan fingerprint density at radius 1 is 1.17 bits per heavy atom. The smallest absolute Gasteiger partial charge is 0.228 e. The third kappa shape index (κ3) is 3.03. The van der Waals surface area contributed by atoms with Gasteiger partial charge in [0.1, 0.15) is 0 Å². The second kappa shape index (κ2) is 6.32. The quantitative estimate of drug-likeness (QED) is 0.678. The van der Waals surface area contributed by atoms with Crippen LogP contribution in [0.3, 0.4) is 0 Å². The number of nitrogens with one attached hydrogen (secondary N) is 1. The number of aromatic nitrogens is 3. The Morgan fingerprint density at radius 2 is 2.00 bits per heavy atom. The minimum Gasteiger partial charge on any atom is -0.326 e. The molecule has 0 saturated carbocycles. The van der Waals surface area contributed by atoms with E-state index < -0.39 is 0 Å². The maximum Gasteiger partial charge on any atom is 0.228 e. The van der Waals surface area contributed by atoms with Gasteiger partial charge in [0, 0.05) is 11.3 Å². The molecule has 2 aromatic rings. The molecule has 1 amide bonds. The van der Waals surface area contributed by atoms with E-state index in [0.717, 1.165) is 48.3 Å². The average molecular weight is 340 g/mol. The topological polar surface area (TPSA) is 84.8 Å². The highest BCUT2D eigenvalue weighted by atomic mass is 32.2. The molecule has 0 saturated heterocycles. The summed E-state index contributed by atoms with van der Waals surface area (Å²) >= 11 is 1.31. The molecular weight excluding hydrogens is 324 g/mol. The van der Waals surface area contributed by atoms with E-state index in [1.807, 2.05) is 0 Å². The molecule has 0 radical (unpaired) electrons. The minimum atomic E-state index is -0.0301. The minimum absolute atomic E-state index is 0.00321. The van der Waals surface area contributed by atoms with E-state index in [4.69, 9.17) is 0 Å². The molecule has 7 heteroatoms. The molecule has 0 fully saturated rings. The second-order valence-electron chi connectivity index (χ2n) is 6.00. The van der Waals surface area contributed by atoms with Gasteiger partial charge in [-0.2, -0.15) is 5.10 Å². The van der Waals surface area contributed by atoms with Crippen LogP contribution < -0.4 is 5.32 Å². The van der Waals surface area contributed by atoms with Gasteiger partial charge in [0.2, 0.25) is 11.1 Å². The molecule has 1 aromatic carbocycles. The van der Waals surface area contributed by atoms with Crippen molar-refractivity contribution in [1.82, 2.24) is 15.2 Å². The lowest BCUT2D eigenvalue weighted by Crippen LogP contribution is -2.11. The van der Waals surface area contributed by atoms with Crippen LogP contribution in [0, 0.1) is 0 Å². The van der Waals surface area contributed by atoms with Crippen molar-refractivity contribution in [1.29, 1.82) is 0 Å². The molecular formula is C17H16N4O2S. The van der Waals surface area contributed by atoms with Crippen LogP contribution in [-0.2, 0) is 24.1 Å². The number of thioether (sulfide) groups is 1. The summed E-state index contributed by atoms with van der Waals surface area (Å²) in [6.07, 6.45) is 4.50. The molecule has 1 N–H and O–H groups in total. The first-order valence-corrected chi connectivity index (χ1v) is 8.99. The zero-order chi connectivity index (χ0) is 16.5. The summed E-state index contributed by atoms with van der Waals surface area (Å²) in [5, 5.41) is 11.7. The van der Waals surface area contributed by atoms with Gasteiger partial charge < -0.3 is 5.32 Å². The fourth-order valence-corrected chi connectivity index (χ4v) is 3.72. The van der Waals surface area contributed by atoms with Gasteiger partial charge in [-0.15, -0.1) is 5.10 Å². The van der Waals surface area contributed by atoms with E-state index in [9.17, 15) is 9.59 Å². The lowest BCUT2D eigenvalue weighted by atomic mass is 10.0. The number of Topliss-reactive ketones (excluding diaryl/α,β-unsaturated/α-hetero) is 1. The van der Waals surface area contributed by atoms with E-state index in [0.29, 0.717) is 17.1 Å². The summed E-state index contributed by atoms with van der Waals surface area (Å²) in [6, 6.07) is 5.33. The van der Waals surface area contributed by atoms with E-state index >= 15 is 0 Å². The molecule has 0 atom stereocenters. The van der Waals surface area contributed by atoms with Gasteiger partial charge >= 0.3 is 0 Å². The van der Waals surface area contributed by atoms with Crippen molar-refractivity contribution in [2.75, 3.05) is 11.1 Å². The van der Waals surface area contributed by atoms with Crippen LogP contribution in [0.15, 0.2) is 23.4 Å². The molecule has 0 spiro atoms. The third-order valence-electron chi connectivity index (χ3n) is 4.28. The average Bonchev–Trinajstić information content (AvgIpc) is 2.98. The molecule has 1 aliphatic carbocycles. The van der Waals surface area contributed by atoms with E-state index in [2.05, 4.69) is 20.5 Å². The second-order valence-corrected chi connectivity index (χ2v) is 6.95. The van der Waals surface area contributed by atoms with Crippen LogP contribution >= 0.6 is 11.8 Å². The van der Waals surface area contributed by atoms with Crippen molar-refractivity contribution < 1.29 is 9.59 Å². The lowest BCUT2D eigenvalue weighted by Gasteiger charge is -2.12. The fraction of sp³-hybridized carbons (Fsp3) is 0.353. The predicted octanol–water partition coefficient (Wildman–Crippen LogP) is 2.22. The largest absolute Gasteiger partial charge is 0.326 e. The number of ketones is 1. The lowest BCUT2D eigenvalue weighted by molar-refractivity contribution is -0.115. The first kappa shape index (κ1) is 15.3. The van der Waals surface area contributed by atoms with Crippen molar-refractivity contribution in [2.45, 2.75) is 37.3 Å². The van der Waals surface area contributed by atoms with Crippen molar-refractivity contribution in [2.24, 2.45) is 0 Å². The molecule has 2 heterocycles. The van der Waals surface area contributed by atoms with E-state index in [1.54, 1.807) is 18.2 Å². The zero-order valence-electron chi connectivity index (χ0n) is 13.0. The molecule has 1 aromatic heterocycles. The fourth-order valence-electron chi connectivity index (χ4n) is 3.02. The van der Waals surface area contributed by atoms with E-state index in [-0.39, 0.29) is 17.4 Å². The molecule has 0 unspecified atom stereocenters. The van der Waals surface area contributed by atoms with Crippen LogP contribution in [0.2, 0.25) is 0 Å². The number of benzene rings is 1. The maximum atomic E-state index is 12.4. The number of carbonyl (C=O) groups excluding carboxylic acids is 2. The molecule has 24 heavy (non-hydrogen) atoms. The highest BCUT2D eigenvalue weighted by Gasteiger charge is 2.20. The number of amides is 1. The van der Waals surface area contributed by atoms with Crippen LogP contribution in [0.25, 0.3) is 0 Å². The molecule has 122 valence electrons. The predicted molar refractivity (Wildman–Crippen MR) is 90.3 cm³/mol. The SMILES string of the molecule is O=C1Cc2cc(C(=O)CSc3nnc4c(n3)CCCC4)ccc2N1. The number of hydrogen-bond donors (Lipinski definition) is 1. The normalized spacial score (nSPS) is 15.6. The zero-order valence-corrected chi connectivity index (χ0v) is 13.9. The highest BCUT2D eigenvalue weighted by molar-refractivity contribution is 7.99. The molecule has 1 aliphatic heterocycles. The van der Waals surface area contributed by atoms with Gasteiger partial charge in [0.15, 0.2) is 5.78 Å². The summed E-state index contributed by atoms with van der Waals surface area (Å²) in [7, 11) is 0. The van der Waals surface area contributed by atoms with Gasteiger partial charge in [0.05, 0.1) is 23.6 Å². The van der Waals surface area contributed by atoms with Crippen LogP contribution in [-0.4, -0.2) is 32.6 Å². The molecule has 4 rings (SSSR count). The Labute approximate surface area is 143 Å². The van der Waals surface area contributed by atoms with Crippen LogP contribution in [0.4, 0.5) is 5.69 Å². The number of nitrogens with zero attached hydrogens (tertiary/aromatic N) is 3. The number of rotatable bonds is 4. The van der Waals surface area contributed by atoms with Gasteiger partial charge in [-0.1, -0.05) is 11.8 Å². The van der Waals surface area contributed by atoms with Crippen LogP contribution in [0.5, 0.6) is 0 Å². The Kier molecular flexibility index (Phi) is 4.02. The number of aryl methyl sites for hydroxylation is 2. The Balaban J connectivity index is 1.43. The standard InChI is InChI=1S/C17H16N4O2S/c22-15(10-5-6-12-11(7-10)8-16(23)18-12)9-24-17-19-13-3-1-2-4-14(13)20-21-17/h5-7H,1-4,8-9H2,(H,18,23). The summed E-state index contributed by atoms with van der Waals surface area (Å²) in [5.74, 6) is 0.238. The van der Waals surface area contributed by atoms with Crippen LogP contribution in [0.1, 0.15) is 40.2 Å². The number of anilines is 1. The summed E-state index contributed by atoms with van der Waals surface area (Å²) in [5.41, 5.74) is 4.30. The Bertz CT molecular complexity index is 837. The van der Waals surface area contributed by atoms with Crippen molar-refractivity contribution in [3.63, 3.8) is 0 Å². The Morgan fingerprint density at radius 3 is 2.88 bits per heavy atom. The summed E-state index contributed by atoms with van der Waals surface area (Å²) < 4.78 is 0. The summed E-state index contributed by atoms with van der Waals surface area (Å²) in [6.45, 7) is 0. The third-order valence-corrected chi connectivity index (χ3v) is 5.12. The first-order chi connectivity index (χ1) is 11.7. The Hall–Kier alpha value is -2.28.